The summed E-state index contributed by atoms with van der Waals surface area (Å²) < 4.78 is 39.5. The molecule has 1 aromatic carbocycles. The summed E-state index contributed by atoms with van der Waals surface area (Å²) in [7, 11) is 0. The minimum atomic E-state index is -4.73. The highest BCUT2D eigenvalue weighted by Gasteiger charge is 2.41. The van der Waals surface area contributed by atoms with Gasteiger partial charge in [-0.3, -0.25) is 5.73 Å². The fourth-order valence-electron chi connectivity index (χ4n) is 1.83. The molecule has 21 heavy (non-hydrogen) atoms. The van der Waals surface area contributed by atoms with Gasteiger partial charge < -0.3 is 11.1 Å². The summed E-state index contributed by atoms with van der Waals surface area (Å²) >= 11 is 17.6. The monoisotopic (exact) mass is 358 g/mol. The molecule has 114 valence electrons. The Morgan fingerprint density at radius 3 is 2.38 bits per heavy atom. The molecule has 0 saturated carbocycles. The highest BCUT2D eigenvalue weighted by molar-refractivity contribution is 6.45. The van der Waals surface area contributed by atoms with Crippen LogP contribution in [-0.2, 0) is 0 Å². The number of hydrogen-bond acceptors (Lipinski definition) is 4. The highest BCUT2D eigenvalue weighted by Crippen LogP contribution is 2.39. The van der Waals surface area contributed by atoms with Crippen LogP contribution in [0.1, 0.15) is 5.56 Å². The van der Waals surface area contributed by atoms with Gasteiger partial charge in [0.05, 0.1) is 15.6 Å². The molecule has 0 aromatic heterocycles. The second-order valence-electron chi connectivity index (χ2n) is 4.10. The molecule has 0 amide bonds. The molecule has 0 bridgehead atoms. The van der Waals surface area contributed by atoms with Crippen LogP contribution in [0.25, 0.3) is 5.57 Å². The van der Waals surface area contributed by atoms with Crippen LogP contribution in [-0.4, -0.2) is 18.3 Å². The third-order valence-corrected chi connectivity index (χ3v) is 3.64. The van der Waals surface area contributed by atoms with Crippen molar-refractivity contribution >= 4 is 46.2 Å². The van der Waals surface area contributed by atoms with E-state index in [2.05, 4.69) is 4.99 Å². The summed E-state index contributed by atoms with van der Waals surface area (Å²) in [6, 6.07) is 2.52. The molecule has 0 spiro atoms. The van der Waals surface area contributed by atoms with E-state index < -0.39 is 29.6 Å². The summed E-state index contributed by atoms with van der Waals surface area (Å²) in [6.45, 7) is 0. The molecule has 0 aliphatic carbocycles. The van der Waals surface area contributed by atoms with Gasteiger partial charge in [0.15, 0.2) is 6.29 Å². The molecular weight excluding hydrogens is 352 g/mol. The van der Waals surface area contributed by atoms with Crippen molar-refractivity contribution in [1.82, 2.24) is 5.32 Å². The number of halogens is 6. The number of aliphatic imine (C=N–C) groups is 1. The van der Waals surface area contributed by atoms with Crippen LogP contribution in [0.3, 0.4) is 0 Å². The lowest BCUT2D eigenvalue weighted by molar-refractivity contribution is -0.0971. The first-order chi connectivity index (χ1) is 9.61. The smallest absolute Gasteiger partial charge is 0.383 e. The van der Waals surface area contributed by atoms with E-state index in [4.69, 9.17) is 46.3 Å². The molecule has 1 heterocycles. The fraction of sp³-hybridized carbons (Fsp3) is 0.182. The van der Waals surface area contributed by atoms with E-state index in [-0.39, 0.29) is 20.6 Å². The summed E-state index contributed by atoms with van der Waals surface area (Å²) in [5, 5.41) is 2.01. The zero-order chi connectivity index (χ0) is 15.9. The Hall–Kier alpha value is -1.15. The number of benzene rings is 1. The van der Waals surface area contributed by atoms with Crippen molar-refractivity contribution in [3.8, 4) is 0 Å². The van der Waals surface area contributed by atoms with Crippen molar-refractivity contribution in [3.05, 3.63) is 38.5 Å². The lowest BCUT2D eigenvalue weighted by Gasteiger charge is -2.26. The second-order valence-corrected chi connectivity index (χ2v) is 5.32. The van der Waals surface area contributed by atoms with Crippen molar-refractivity contribution < 1.29 is 13.2 Å². The van der Waals surface area contributed by atoms with E-state index in [1.807, 2.05) is 5.32 Å². The topological polar surface area (TPSA) is 76.4 Å². The van der Waals surface area contributed by atoms with E-state index >= 15 is 0 Å². The maximum absolute atomic E-state index is 13.2. The predicted octanol–water partition coefficient (Wildman–Crippen LogP) is 3.12. The second kappa shape index (κ2) is 5.57. The van der Waals surface area contributed by atoms with Gasteiger partial charge in [0.25, 0.3) is 0 Å². The first-order valence-corrected chi connectivity index (χ1v) is 6.56. The van der Waals surface area contributed by atoms with Gasteiger partial charge >= 0.3 is 6.18 Å². The van der Waals surface area contributed by atoms with E-state index in [1.54, 1.807) is 0 Å². The number of alkyl halides is 3. The first-order valence-electron chi connectivity index (χ1n) is 5.43. The Balaban J connectivity index is 2.76. The van der Waals surface area contributed by atoms with Gasteiger partial charge in [-0.15, -0.1) is 0 Å². The molecular formula is C11H8Cl3F3N4. The van der Waals surface area contributed by atoms with Gasteiger partial charge in [-0.1, -0.05) is 34.8 Å². The van der Waals surface area contributed by atoms with Crippen molar-refractivity contribution in [1.29, 1.82) is 0 Å². The van der Waals surface area contributed by atoms with Gasteiger partial charge in [-0.2, -0.15) is 13.2 Å². The molecule has 5 N–H and O–H groups in total. The van der Waals surface area contributed by atoms with Crippen LogP contribution in [0.15, 0.2) is 22.8 Å². The minimum absolute atomic E-state index is 0.00383. The van der Waals surface area contributed by atoms with Gasteiger partial charge in [-0.25, -0.2) is 4.99 Å². The van der Waals surface area contributed by atoms with E-state index in [0.717, 1.165) is 0 Å². The zero-order valence-electron chi connectivity index (χ0n) is 10.1. The Morgan fingerprint density at radius 1 is 1.19 bits per heavy atom. The van der Waals surface area contributed by atoms with Gasteiger partial charge in [-0.05, 0) is 12.1 Å². The number of amidine groups is 1. The molecule has 1 atom stereocenters. The van der Waals surface area contributed by atoms with E-state index in [0.29, 0.717) is 0 Å². The maximum atomic E-state index is 13.2. The Labute approximate surface area is 132 Å². The number of nitrogens with zero attached hydrogens (tertiary/aromatic N) is 1. The summed E-state index contributed by atoms with van der Waals surface area (Å²) in [4.78, 5) is 3.66. The quantitative estimate of drug-likeness (QED) is 0.674. The minimum Gasteiger partial charge on any atom is -0.383 e. The lowest BCUT2D eigenvalue weighted by Crippen LogP contribution is -2.46. The summed E-state index contributed by atoms with van der Waals surface area (Å²) in [5.41, 5.74) is 9.26. The van der Waals surface area contributed by atoms with Crippen LogP contribution in [0, 0.1) is 0 Å². The Kier molecular flexibility index (Phi) is 4.30. The summed E-state index contributed by atoms with van der Waals surface area (Å²) in [6.07, 6.45) is -6.04. The number of allylic oxidation sites excluding steroid dienone is 1. The predicted molar refractivity (Wildman–Crippen MR) is 77.2 cm³/mol. The molecule has 1 aromatic rings. The first kappa shape index (κ1) is 16.2. The molecule has 4 nitrogen and oxygen atoms in total. The van der Waals surface area contributed by atoms with E-state index in [1.165, 1.54) is 12.1 Å². The standard InChI is InChI=1S/C11H8Cl3F3N4/c12-3-1-4(7(14)5(13)2-3)6-8(11(15,16)17)20-10(19)21-9(6)18/h1-2,10,20H,19H2,(H2,18,21). The lowest BCUT2D eigenvalue weighted by atomic mass is 10.0. The average molecular weight is 360 g/mol. The van der Waals surface area contributed by atoms with Crippen molar-refractivity contribution in [2.24, 2.45) is 16.5 Å². The van der Waals surface area contributed by atoms with Crippen molar-refractivity contribution in [2.75, 3.05) is 0 Å². The van der Waals surface area contributed by atoms with Crippen LogP contribution in [0.4, 0.5) is 13.2 Å². The van der Waals surface area contributed by atoms with Crippen molar-refractivity contribution in [2.45, 2.75) is 12.5 Å². The molecule has 1 unspecified atom stereocenters. The van der Waals surface area contributed by atoms with Gasteiger partial charge in [0, 0.05) is 10.6 Å². The largest absolute Gasteiger partial charge is 0.431 e. The van der Waals surface area contributed by atoms with E-state index in [9.17, 15) is 13.2 Å². The van der Waals surface area contributed by atoms with Gasteiger partial charge in [0.2, 0.25) is 0 Å². The Morgan fingerprint density at radius 2 is 1.81 bits per heavy atom. The SMILES string of the molecule is NC1=NC(N)NC(C(F)(F)F)=C1c1cc(Cl)cc(Cl)c1Cl. The normalized spacial score (nSPS) is 19.4. The van der Waals surface area contributed by atoms with Crippen LogP contribution in [0.5, 0.6) is 0 Å². The van der Waals surface area contributed by atoms with Crippen LogP contribution < -0.4 is 16.8 Å². The van der Waals surface area contributed by atoms with Crippen molar-refractivity contribution in [3.63, 3.8) is 0 Å². The molecule has 0 saturated heterocycles. The third kappa shape index (κ3) is 3.21. The zero-order valence-corrected chi connectivity index (χ0v) is 12.4. The maximum Gasteiger partial charge on any atom is 0.431 e. The van der Waals surface area contributed by atoms with Gasteiger partial charge in [0.1, 0.15) is 11.5 Å². The molecule has 0 radical (unpaired) electrons. The van der Waals surface area contributed by atoms with Crippen LogP contribution in [0.2, 0.25) is 15.1 Å². The fourth-order valence-corrected chi connectivity index (χ4v) is 2.53. The average Bonchev–Trinajstić information content (AvgIpc) is 2.32. The molecule has 1 aliphatic rings. The molecule has 10 heteroatoms. The highest BCUT2D eigenvalue weighted by atomic mass is 35.5. The van der Waals surface area contributed by atoms with Crippen LogP contribution >= 0.6 is 34.8 Å². The molecule has 1 aliphatic heterocycles. The number of rotatable bonds is 1. The third-order valence-electron chi connectivity index (χ3n) is 2.62. The molecule has 2 rings (SSSR count). The number of nitrogens with one attached hydrogen (secondary N) is 1. The number of nitrogens with two attached hydrogens (primary N) is 2. The Bertz CT molecular complexity index is 655. The molecule has 0 fully saturated rings. The number of hydrogen-bond donors (Lipinski definition) is 3. The summed E-state index contributed by atoms with van der Waals surface area (Å²) in [5.74, 6) is -0.409.